The minimum atomic E-state index is -1.17. The summed E-state index contributed by atoms with van der Waals surface area (Å²) in [6.45, 7) is 0.623. The van der Waals surface area contributed by atoms with Crippen LogP contribution in [0.3, 0.4) is 0 Å². The molecule has 8 nitrogen and oxygen atoms in total. The lowest BCUT2D eigenvalue weighted by atomic mass is 9.92. The van der Waals surface area contributed by atoms with Gasteiger partial charge in [0.1, 0.15) is 29.5 Å². The van der Waals surface area contributed by atoms with Gasteiger partial charge in [-0.25, -0.2) is 9.18 Å². The number of hydrogen-bond acceptors (Lipinski definition) is 5. The monoisotopic (exact) mass is 458 g/mol. The van der Waals surface area contributed by atoms with Crippen molar-refractivity contribution in [2.45, 2.75) is 37.8 Å². The number of carbonyl (C=O) groups excluding carboxylic acids is 1. The molecule has 0 bridgehead atoms. The van der Waals surface area contributed by atoms with E-state index in [1.54, 1.807) is 19.2 Å². The van der Waals surface area contributed by atoms with Gasteiger partial charge in [0.2, 0.25) is 5.91 Å². The van der Waals surface area contributed by atoms with Crippen LogP contribution in [0.4, 0.5) is 14.9 Å². The molecule has 0 atom stereocenters. The van der Waals surface area contributed by atoms with E-state index in [2.05, 4.69) is 0 Å². The van der Waals surface area contributed by atoms with E-state index in [0.717, 1.165) is 5.56 Å². The number of rotatable bonds is 6. The Balaban J connectivity index is 1.52. The predicted octanol–water partition coefficient (Wildman–Crippen LogP) is 3.20. The second-order valence-electron chi connectivity index (χ2n) is 8.48. The molecule has 0 aromatic heterocycles. The van der Waals surface area contributed by atoms with Crippen LogP contribution in [0.1, 0.15) is 30.4 Å². The molecule has 1 fully saturated rings. The van der Waals surface area contributed by atoms with E-state index in [9.17, 15) is 19.1 Å². The number of carboxylic acid groups (broad SMARTS) is 1. The quantitative estimate of drug-likeness (QED) is 0.690. The van der Waals surface area contributed by atoms with Crippen LogP contribution in [-0.2, 0) is 17.8 Å². The van der Waals surface area contributed by atoms with Crippen LogP contribution in [0.15, 0.2) is 36.4 Å². The molecule has 4 rings (SSSR count). The van der Waals surface area contributed by atoms with E-state index in [1.165, 1.54) is 21.9 Å². The molecule has 1 saturated heterocycles. The minimum absolute atomic E-state index is 0.0367. The second-order valence-corrected chi connectivity index (χ2v) is 8.48. The number of likely N-dealkylation sites (tertiary alicyclic amines) is 1. The van der Waals surface area contributed by atoms with Gasteiger partial charge in [-0.05, 0) is 49.1 Å². The van der Waals surface area contributed by atoms with Gasteiger partial charge >= 0.3 is 6.09 Å². The SMILES string of the molecule is COc1ccc(CN2C(=O)CCc3c(OCC4(O)CCN(C(=O)O)CC4)ccc(F)c32)cc1. The Bertz CT molecular complexity index is 1030. The summed E-state index contributed by atoms with van der Waals surface area (Å²) < 4.78 is 26.0. The molecule has 2 N–H and O–H groups in total. The third-order valence-corrected chi connectivity index (χ3v) is 6.31. The normalized spacial score (nSPS) is 17.5. The molecule has 2 aromatic rings. The molecule has 2 heterocycles. The van der Waals surface area contributed by atoms with E-state index >= 15 is 0 Å². The van der Waals surface area contributed by atoms with Gasteiger partial charge in [-0.15, -0.1) is 0 Å². The summed E-state index contributed by atoms with van der Waals surface area (Å²) in [6, 6.07) is 10.0. The summed E-state index contributed by atoms with van der Waals surface area (Å²) in [4.78, 5) is 26.5. The number of halogens is 1. The van der Waals surface area contributed by atoms with E-state index in [-0.39, 0.29) is 57.1 Å². The van der Waals surface area contributed by atoms with Gasteiger partial charge in [-0.2, -0.15) is 0 Å². The van der Waals surface area contributed by atoms with Crippen molar-refractivity contribution in [3.63, 3.8) is 0 Å². The summed E-state index contributed by atoms with van der Waals surface area (Å²) in [7, 11) is 1.57. The highest BCUT2D eigenvalue weighted by Crippen LogP contribution is 2.38. The van der Waals surface area contributed by atoms with Gasteiger partial charge in [-0.1, -0.05) is 12.1 Å². The van der Waals surface area contributed by atoms with Crippen molar-refractivity contribution in [2.24, 2.45) is 0 Å². The topological polar surface area (TPSA) is 99.5 Å². The number of fused-ring (bicyclic) bond motifs is 1. The standard InChI is InChI=1S/C24H27FN2O6/c1-32-17-4-2-16(3-5-17)14-27-21(28)9-6-18-20(8-7-19(25)22(18)27)33-15-24(31)10-12-26(13-11-24)23(29)30/h2-5,7-8,31H,6,9-15H2,1H3,(H,29,30). The number of carbonyl (C=O) groups is 2. The predicted molar refractivity (Wildman–Crippen MR) is 118 cm³/mol. The summed E-state index contributed by atoms with van der Waals surface area (Å²) in [5.74, 6) is 0.437. The van der Waals surface area contributed by atoms with E-state index < -0.39 is 17.5 Å². The van der Waals surface area contributed by atoms with Crippen LogP contribution < -0.4 is 14.4 Å². The average Bonchev–Trinajstić information content (AvgIpc) is 2.81. The molecular weight excluding hydrogens is 431 g/mol. The number of benzene rings is 2. The van der Waals surface area contributed by atoms with Crippen LogP contribution in [0, 0.1) is 5.82 Å². The minimum Gasteiger partial charge on any atom is -0.497 e. The maximum atomic E-state index is 14.9. The van der Waals surface area contributed by atoms with Crippen molar-refractivity contribution in [1.29, 1.82) is 0 Å². The van der Waals surface area contributed by atoms with E-state index in [4.69, 9.17) is 14.6 Å². The van der Waals surface area contributed by atoms with Crippen molar-refractivity contribution >= 4 is 17.7 Å². The van der Waals surface area contributed by atoms with Crippen LogP contribution in [0.2, 0.25) is 0 Å². The third-order valence-electron chi connectivity index (χ3n) is 6.31. The third kappa shape index (κ3) is 4.88. The Morgan fingerprint density at radius 3 is 2.45 bits per heavy atom. The summed E-state index contributed by atoms with van der Waals surface area (Å²) in [5.41, 5.74) is 0.463. The number of hydrogen-bond donors (Lipinski definition) is 2. The van der Waals surface area contributed by atoms with Gasteiger partial charge in [0.15, 0.2) is 0 Å². The zero-order chi connectivity index (χ0) is 23.6. The van der Waals surface area contributed by atoms with Crippen molar-refractivity contribution < 1.29 is 33.7 Å². The smallest absolute Gasteiger partial charge is 0.407 e. The van der Waals surface area contributed by atoms with Crippen LogP contribution in [-0.4, -0.2) is 59.5 Å². The number of anilines is 1. The van der Waals surface area contributed by atoms with E-state index in [1.807, 2.05) is 12.1 Å². The molecule has 0 aliphatic carbocycles. The number of ether oxygens (including phenoxy) is 2. The van der Waals surface area contributed by atoms with Crippen molar-refractivity contribution in [1.82, 2.24) is 4.90 Å². The Hall–Kier alpha value is -3.33. The first-order chi connectivity index (χ1) is 15.8. The molecule has 0 unspecified atom stereocenters. The zero-order valence-corrected chi connectivity index (χ0v) is 18.4. The number of aliphatic hydroxyl groups is 1. The summed E-state index contributed by atoms with van der Waals surface area (Å²) in [6.07, 6.45) is 0.0641. The molecule has 0 saturated carbocycles. The van der Waals surface area contributed by atoms with Crippen molar-refractivity contribution in [3.8, 4) is 11.5 Å². The number of methoxy groups -OCH3 is 1. The summed E-state index contributed by atoms with van der Waals surface area (Å²) in [5, 5.41) is 19.9. The molecule has 2 aliphatic heterocycles. The first-order valence-electron chi connectivity index (χ1n) is 10.9. The Morgan fingerprint density at radius 2 is 1.82 bits per heavy atom. The number of nitrogens with zero attached hydrogens (tertiary/aromatic N) is 2. The highest BCUT2D eigenvalue weighted by atomic mass is 19.1. The van der Waals surface area contributed by atoms with Gasteiger partial charge in [0, 0.05) is 25.1 Å². The first-order valence-corrected chi connectivity index (χ1v) is 10.9. The van der Waals surface area contributed by atoms with Gasteiger partial charge in [-0.3, -0.25) is 4.79 Å². The van der Waals surface area contributed by atoms with Crippen LogP contribution in [0.5, 0.6) is 11.5 Å². The van der Waals surface area contributed by atoms with E-state index in [0.29, 0.717) is 23.5 Å². The lowest BCUT2D eigenvalue weighted by Gasteiger charge is -2.37. The molecule has 2 aliphatic rings. The molecule has 2 amide bonds. The highest BCUT2D eigenvalue weighted by molar-refractivity contribution is 5.97. The lowest BCUT2D eigenvalue weighted by molar-refractivity contribution is -0.119. The Kier molecular flexibility index (Phi) is 6.42. The molecule has 2 aromatic carbocycles. The average molecular weight is 458 g/mol. The number of amides is 2. The molecule has 9 heteroatoms. The lowest BCUT2D eigenvalue weighted by Crippen LogP contribution is -2.49. The largest absolute Gasteiger partial charge is 0.497 e. The number of piperidine rings is 1. The first kappa shape index (κ1) is 22.8. The molecule has 176 valence electrons. The van der Waals surface area contributed by atoms with Crippen molar-refractivity contribution in [2.75, 3.05) is 31.7 Å². The summed E-state index contributed by atoms with van der Waals surface area (Å²) >= 11 is 0. The fourth-order valence-electron chi connectivity index (χ4n) is 4.30. The van der Waals surface area contributed by atoms with Crippen LogP contribution in [0.25, 0.3) is 0 Å². The van der Waals surface area contributed by atoms with Gasteiger partial charge < -0.3 is 29.5 Å². The maximum absolute atomic E-state index is 14.9. The molecule has 0 spiro atoms. The Labute approximate surface area is 191 Å². The fourth-order valence-corrected chi connectivity index (χ4v) is 4.30. The van der Waals surface area contributed by atoms with Gasteiger partial charge in [0.05, 0.1) is 19.3 Å². The van der Waals surface area contributed by atoms with Gasteiger partial charge in [0.25, 0.3) is 0 Å². The molecular formula is C24H27FN2O6. The van der Waals surface area contributed by atoms with Crippen LogP contribution >= 0.6 is 0 Å². The fraction of sp³-hybridized carbons (Fsp3) is 0.417. The molecule has 33 heavy (non-hydrogen) atoms. The maximum Gasteiger partial charge on any atom is 0.407 e. The zero-order valence-electron chi connectivity index (χ0n) is 18.4. The van der Waals surface area contributed by atoms with Crippen molar-refractivity contribution in [3.05, 3.63) is 53.3 Å². The highest BCUT2D eigenvalue weighted by Gasteiger charge is 2.36. The second kappa shape index (κ2) is 9.27. The molecule has 0 radical (unpaired) electrons. The Morgan fingerprint density at radius 1 is 1.12 bits per heavy atom.